The van der Waals surface area contributed by atoms with Crippen LogP contribution in [0, 0.1) is 0 Å². The summed E-state index contributed by atoms with van der Waals surface area (Å²) in [6.07, 6.45) is 4.16. The maximum atomic E-state index is 12.5. The molecule has 0 radical (unpaired) electrons. The Balaban J connectivity index is 1.40. The zero-order valence-electron chi connectivity index (χ0n) is 13.8. The number of nitrogens with one attached hydrogen (secondary N) is 1. The van der Waals surface area contributed by atoms with E-state index in [9.17, 15) is 4.79 Å². The van der Waals surface area contributed by atoms with E-state index in [0.29, 0.717) is 17.2 Å². The van der Waals surface area contributed by atoms with Gasteiger partial charge in [-0.1, -0.05) is 35.8 Å². The lowest BCUT2D eigenvalue weighted by atomic mass is 9.76. The van der Waals surface area contributed by atoms with Crippen molar-refractivity contribution in [1.29, 1.82) is 0 Å². The summed E-state index contributed by atoms with van der Waals surface area (Å²) >= 11 is 5.92. The summed E-state index contributed by atoms with van der Waals surface area (Å²) in [5, 5.41) is 8.61. The van der Waals surface area contributed by atoms with Crippen molar-refractivity contribution < 1.29 is 9.32 Å². The highest BCUT2D eigenvalue weighted by Gasteiger charge is 2.31. The number of aromatic nitrogens is 2. The number of benzene rings is 1. The minimum atomic E-state index is -0.0998. The smallest absolute Gasteiger partial charge is 0.257 e. The van der Waals surface area contributed by atoms with Crippen molar-refractivity contribution in [3.8, 4) is 0 Å². The van der Waals surface area contributed by atoms with E-state index in [1.807, 2.05) is 25.1 Å². The number of carbonyl (C=O) groups excluding carboxylic acids is 1. The molecule has 0 bridgehead atoms. The van der Waals surface area contributed by atoms with Gasteiger partial charge < -0.3 is 9.84 Å². The van der Waals surface area contributed by atoms with Crippen LogP contribution in [0.3, 0.4) is 0 Å². The van der Waals surface area contributed by atoms with Gasteiger partial charge in [0.15, 0.2) is 0 Å². The van der Waals surface area contributed by atoms with Crippen molar-refractivity contribution in [2.75, 3.05) is 0 Å². The predicted molar refractivity (Wildman–Crippen MR) is 95.9 cm³/mol. The highest BCUT2D eigenvalue weighted by molar-refractivity contribution is 6.30. The van der Waals surface area contributed by atoms with Gasteiger partial charge in [-0.3, -0.25) is 4.79 Å². The largest absolute Gasteiger partial charge is 0.349 e. The van der Waals surface area contributed by atoms with Crippen molar-refractivity contribution in [1.82, 2.24) is 15.5 Å². The zero-order chi connectivity index (χ0) is 17.4. The third-order valence-corrected chi connectivity index (χ3v) is 5.07. The van der Waals surface area contributed by atoms with Crippen LogP contribution in [0.15, 0.2) is 41.1 Å². The number of nitrogens with zero attached hydrogens (tertiary/aromatic N) is 2. The number of amides is 1. The molecule has 1 aliphatic carbocycles. The molecule has 1 saturated carbocycles. The van der Waals surface area contributed by atoms with Gasteiger partial charge >= 0.3 is 0 Å². The average molecular weight is 356 g/mol. The van der Waals surface area contributed by atoms with Gasteiger partial charge in [0.25, 0.3) is 11.6 Å². The van der Waals surface area contributed by atoms with Gasteiger partial charge in [-0.15, -0.1) is 0 Å². The average Bonchev–Trinajstić information content (AvgIpc) is 3.01. The van der Waals surface area contributed by atoms with E-state index in [2.05, 4.69) is 27.6 Å². The zero-order valence-corrected chi connectivity index (χ0v) is 14.6. The van der Waals surface area contributed by atoms with Crippen molar-refractivity contribution >= 4 is 28.6 Å². The summed E-state index contributed by atoms with van der Waals surface area (Å²) in [7, 11) is 0. The minimum Gasteiger partial charge on any atom is -0.349 e. The number of rotatable bonds is 4. The molecule has 0 saturated heterocycles. The fraction of sp³-hybridized carbons (Fsp3) is 0.316. The van der Waals surface area contributed by atoms with Gasteiger partial charge in [0, 0.05) is 17.3 Å². The number of halogens is 1. The van der Waals surface area contributed by atoms with Crippen LogP contribution in [0.4, 0.5) is 0 Å². The molecule has 0 unspecified atom stereocenters. The topological polar surface area (TPSA) is 68.0 Å². The first-order valence-electron chi connectivity index (χ1n) is 8.44. The number of aryl methyl sites for hydroxylation is 1. The Kier molecular flexibility index (Phi) is 4.17. The Labute approximate surface area is 150 Å². The molecule has 0 spiro atoms. The first-order valence-corrected chi connectivity index (χ1v) is 8.82. The number of hydrogen-bond acceptors (Lipinski definition) is 4. The fourth-order valence-corrected chi connectivity index (χ4v) is 3.40. The highest BCUT2D eigenvalue weighted by atomic mass is 35.5. The lowest BCUT2D eigenvalue weighted by molar-refractivity contribution is 0.0908. The van der Waals surface area contributed by atoms with E-state index in [-0.39, 0.29) is 11.9 Å². The van der Waals surface area contributed by atoms with Gasteiger partial charge in [-0.25, -0.2) is 4.98 Å². The van der Waals surface area contributed by atoms with E-state index in [0.717, 1.165) is 35.4 Å². The van der Waals surface area contributed by atoms with Crippen LogP contribution in [0.25, 0.3) is 11.1 Å². The first kappa shape index (κ1) is 16.1. The van der Waals surface area contributed by atoms with Crippen LogP contribution in [-0.4, -0.2) is 22.1 Å². The van der Waals surface area contributed by atoms with Crippen molar-refractivity contribution in [3.63, 3.8) is 0 Å². The van der Waals surface area contributed by atoms with Crippen LogP contribution in [0.2, 0.25) is 5.02 Å². The van der Waals surface area contributed by atoms with Crippen LogP contribution in [0.5, 0.6) is 0 Å². The van der Waals surface area contributed by atoms with Crippen LogP contribution in [0.1, 0.15) is 47.3 Å². The van der Waals surface area contributed by atoms with Crippen LogP contribution >= 0.6 is 11.6 Å². The molecular formula is C19H18ClN3O2. The molecule has 2 heterocycles. The summed E-state index contributed by atoms with van der Waals surface area (Å²) in [6.45, 7) is 2.00. The van der Waals surface area contributed by atoms with Crippen molar-refractivity contribution in [2.45, 2.75) is 38.1 Å². The van der Waals surface area contributed by atoms with Gasteiger partial charge in [0.05, 0.1) is 16.6 Å². The standard InChI is InChI=1S/C19H18ClN3O2/c1-2-17-16-9-13(10-21-19(16)25-23-17)18(24)22-15-7-12(8-15)11-3-5-14(20)6-4-11/h3-6,9-10,12,15H,2,7-8H2,1H3,(H,22,24). The first-order chi connectivity index (χ1) is 12.1. The second kappa shape index (κ2) is 6.48. The SMILES string of the molecule is CCc1noc2ncc(C(=O)NC3CC(c4ccc(Cl)cc4)C3)cc12. The van der Waals surface area contributed by atoms with Gasteiger partial charge in [0.1, 0.15) is 0 Å². The molecule has 128 valence electrons. The lowest BCUT2D eigenvalue weighted by Crippen LogP contribution is -2.43. The van der Waals surface area contributed by atoms with E-state index in [1.165, 1.54) is 11.8 Å². The molecule has 4 rings (SSSR count). The Bertz CT molecular complexity index is 914. The second-order valence-corrected chi connectivity index (χ2v) is 6.89. The third kappa shape index (κ3) is 3.12. The molecular weight excluding hydrogens is 338 g/mol. The van der Waals surface area contributed by atoms with E-state index < -0.39 is 0 Å². The fourth-order valence-electron chi connectivity index (χ4n) is 3.27. The Hall–Kier alpha value is -2.40. The lowest BCUT2D eigenvalue weighted by Gasteiger charge is -2.36. The number of carbonyl (C=O) groups is 1. The molecule has 1 aromatic carbocycles. The van der Waals surface area contributed by atoms with E-state index >= 15 is 0 Å². The quantitative estimate of drug-likeness (QED) is 0.764. The molecule has 1 fully saturated rings. The molecule has 1 aliphatic rings. The number of fused-ring (bicyclic) bond motifs is 1. The Morgan fingerprint density at radius 2 is 2.08 bits per heavy atom. The molecule has 3 aromatic rings. The summed E-state index contributed by atoms with van der Waals surface area (Å²) in [6, 6.07) is 9.93. The van der Waals surface area contributed by atoms with E-state index in [4.69, 9.17) is 16.1 Å². The molecule has 25 heavy (non-hydrogen) atoms. The third-order valence-electron chi connectivity index (χ3n) is 4.82. The maximum Gasteiger partial charge on any atom is 0.257 e. The van der Waals surface area contributed by atoms with Gasteiger partial charge in [-0.2, -0.15) is 0 Å². The molecule has 0 aliphatic heterocycles. The highest BCUT2D eigenvalue weighted by Crippen LogP contribution is 2.37. The van der Waals surface area contributed by atoms with Gasteiger partial charge in [-0.05, 0) is 48.9 Å². The van der Waals surface area contributed by atoms with Crippen LogP contribution < -0.4 is 5.32 Å². The van der Waals surface area contributed by atoms with Crippen molar-refractivity contribution in [2.24, 2.45) is 0 Å². The number of pyridine rings is 1. The predicted octanol–water partition coefficient (Wildman–Crippen LogP) is 4.11. The minimum absolute atomic E-state index is 0.0998. The maximum absolute atomic E-state index is 12.5. The van der Waals surface area contributed by atoms with Gasteiger partial charge in [0.2, 0.25) is 0 Å². The van der Waals surface area contributed by atoms with Crippen LogP contribution in [-0.2, 0) is 6.42 Å². The Morgan fingerprint density at radius 1 is 1.32 bits per heavy atom. The van der Waals surface area contributed by atoms with Crippen molar-refractivity contribution in [3.05, 3.63) is 58.4 Å². The molecule has 0 atom stereocenters. The molecule has 6 heteroatoms. The summed E-state index contributed by atoms with van der Waals surface area (Å²) in [5.74, 6) is 0.380. The Morgan fingerprint density at radius 3 is 2.80 bits per heavy atom. The second-order valence-electron chi connectivity index (χ2n) is 6.45. The molecule has 1 N–H and O–H groups in total. The molecule has 5 nitrogen and oxygen atoms in total. The number of hydrogen-bond donors (Lipinski definition) is 1. The molecule has 2 aromatic heterocycles. The normalized spacial score (nSPS) is 19.6. The molecule has 1 amide bonds. The monoisotopic (exact) mass is 355 g/mol. The summed E-state index contributed by atoms with van der Waals surface area (Å²) < 4.78 is 5.16. The summed E-state index contributed by atoms with van der Waals surface area (Å²) in [4.78, 5) is 16.7. The van der Waals surface area contributed by atoms with E-state index in [1.54, 1.807) is 0 Å². The summed E-state index contributed by atoms with van der Waals surface area (Å²) in [5.41, 5.74) is 3.11.